The van der Waals surface area contributed by atoms with E-state index in [2.05, 4.69) is 16.9 Å². The second-order valence-electron chi connectivity index (χ2n) is 5.87. The molecule has 3 aromatic rings. The first kappa shape index (κ1) is 18.5. The van der Waals surface area contributed by atoms with Gasteiger partial charge >= 0.3 is 160 Å². The summed E-state index contributed by atoms with van der Waals surface area (Å²) in [4.78, 5) is 0. The molecule has 0 unspecified atom stereocenters. The number of hydrogen-bond acceptors (Lipinski definition) is 0. The molecule has 3 rings (SSSR count). The van der Waals surface area contributed by atoms with Gasteiger partial charge in [0.1, 0.15) is 0 Å². The van der Waals surface area contributed by atoms with Crippen molar-refractivity contribution in [2.24, 2.45) is 0 Å². The van der Waals surface area contributed by atoms with Crippen LogP contribution in [0.4, 0.5) is 13.2 Å². The van der Waals surface area contributed by atoms with E-state index in [1.54, 1.807) is 6.07 Å². The van der Waals surface area contributed by atoms with E-state index >= 15 is 0 Å². The van der Waals surface area contributed by atoms with Crippen LogP contribution in [0.25, 0.3) is 5.57 Å². The molecule has 0 nitrogen and oxygen atoms in total. The van der Waals surface area contributed by atoms with Gasteiger partial charge in [0.15, 0.2) is 0 Å². The molecular weight excluding hydrogens is 396 g/mol. The third-order valence-corrected chi connectivity index (χ3v) is 5.11. The topological polar surface area (TPSA) is 0 Å². The maximum absolute atomic E-state index is 13.3. The van der Waals surface area contributed by atoms with E-state index in [4.69, 9.17) is 0 Å². The van der Waals surface area contributed by atoms with Gasteiger partial charge in [0.05, 0.1) is 0 Å². The Morgan fingerprint density at radius 1 is 0.808 bits per heavy atom. The van der Waals surface area contributed by atoms with Gasteiger partial charge in [-0.15, -0.1) is 0 Å². The molecule has 3 aromatic carbocycles. The Kier molecular flexibility index (Phi) is 5.68. The number of alkyl halides is 3. The summed E-state index contributed by atoms with van der Waals surface area (Å²) in [5.41, 5.74) is 2.78. The van der Waals surface area contributed by atoms with Gasteiger partial charge in [-0.25, -0.2) is 0 Å². The molecule has 0 aliphatic carbocycles. The molecule has 0 saturated carbocycles. The van der Waals surface area contributed by atoms with Gasteiger partial charge < -0.3 is 0 Å². The average molecular weight is 412 g/mol. The van der Waals surface area contributed by atoms with Crippen LogP contribution in [0.3, 0.4) is 0 Å². The molecule has 0 aliphatic rings. The summed E-state index contributed by atoms with van der Waals surface area (Å²) in [6.07, 6.45) is -1.73. The molecule has 0 fully saturated rings. The summed E-state index contributed by atoms with van der Waals surface area (Å²) < 4.78 is 40.1. The fourth-order valence-electron chi connectivity index (χ4n) is 2.82. The van der Waals surface area contributed by atoms with Crippen molar-refractivity contribution >= 4 is 26.8 Å². The van der Waals surface area contributed by atoms with E-state index in [0.29, 0.717) is 12.0 Å². The van der Waals surface area contributed by atoms with Crippen molar-refractivity contribution in [3.63, 3.8) is 0 Å². The first-order chi connectivity index (χ1) is 12.5. The molecule has 0 heterocycles. The summed E-state index contributed by atoms with van der Waals surface area (Å²) in [7, 11) is 0. The van der Waals surface area contributed by atoms with Crippen LogP contribution < -0.4 is 4.35 Å². The van der Waals surface area contributed by atoms with Gasteiger partial charge in [-0.1, -0.05) is 0 Å². The molecule has 0 aliphatic heterocycles. The van der Waals surface area contributed by atoms with E-state index in [0.717, 1.165) is 22.8 Å². The third-order valence-electron chi connectivity index (χ3n) is 4.10. The van der Waals surface area contributed by atoms with Crippen LogP contribution in [0.5, 0.6) is 0 Å². The Hall–Kier alpha value is -2.25. The fraction of sp³-hybridized carbons (Fsp3) is 0.0909. The fourth-order valence-corrected chi connectivity index (χ4v) is 3.66. The second kappa shape index (κ2) is 7.97. The quantitative estimate of drug-likeness (QED) is 0.519. The van der Waals surface area contributed by atoms with Gasteiger partial charge in [0.25, 0.3) is 0 Å². The van der Waals surface area contributed by atoms with Crippen molar-refractivity contribution < 1.29 is 13.2 Å². The van der Waals surface area contributed by atoms with E-state index < -0.39 is 11.7 Å². The molecule has 0 aromatic heterocycles. The molecule has 0 bridgehead atoms. The normalized spacial score (nSPS) is 12.2. The van der Waals surface area contributed by atoms with E-state index in [1.807, 2.05) is 66.7 Å². The van der Waals surface area contributed by atoms with Crippen LogP contribution in [-0.4, -0.2) is 16.9 Å². The van der Waals surface area contributed by atoms with Gasteiger partial charge in [-0.2, -0.15) is 0 Å². The van der Waals surface area contributed by atoms with Crippen molar-refractivity contribution in [1.29, 1.82) is 0 Å². The molecule has 4 heteroatoms. The molecule has 2 radical (unpaired) electrons. The van der Waals surface area contributed by atoms with Crippen LogP contribution in [0.15, 0.2) is 84.9 Å². The average Bonchev–Trinajstić information content (AvgIpc) is 2.64. The van der Waals surface area contributed by atoms with Crippen LogP contribution in [-0.2, 0) is 12.6 Å². The summed E-state index contributed by atoms with van der Waals surface area (Å²) in [6.45, 7) is 0. The van der Waals surface area contributed by atoms with Crippen molar-refractivity contribution in [1.82, 2.24) is 0 Å². The Balaban J connectivity index is 2.10. The first-order valence-electron chi connectivity index (χ1n) is 8.16. The van der Waals surface area contributed by atoms with Crippen LogP contribution in [0.2, 0.25) is 0 Å². The van der Waals surface area contributed by atoms with Gasteiger partial charge in [0, 0.05) is 0 Å². The molecule has 0 amide bonds. The van der Waals surface area contributed by atoms with E-state index in [-0.39, 0.29) is 4.35 Å². The first-order valence-corrected chi connectivity index (χ1v) is 9.09. The maximum atomic E-state index is 13.3. The Morgan fingerprint density at radius 2 is 1.42 bits per heavy atom. The zero-order valence-electron chi connectivity index (χ0n) is 13.9. The van der Waals surface area contributed by atoms with Gasteiger partial charge in [-0.3, -0.25) is 0 Å². The zero-order chi connectivity index (χ0) is 18.6. The second-order valence-corrected chi connectivity index (χ2v) is 6.81. The Labute approximate surface area is 159 Å². The molecule has 26 heavy (non-hydrogen) atoms. The third kappa shape index (κ3) is 4.28. The summed E-state index contributed by atoms with van der Waals surface area (Å²) >= 11 is 2.09. The number of hydrogen-bond donors (Lipinski definition) is 0. The Bertz CT molecular complexity index is 898. The predicted molar refractivity (Wildman–Crippen MR) is 100 cm³/mol. The Morgan fingerprint density at radius 3 is 2.04 bits per heavy atom. The van der Waals surface area contributed by atoms with Crippen LogP contribution in [0.1, 0.15) is 22.3 Å². The van der Waals surface area contributed by atoms with Crippen molar-refractivity contribution in [3.8, 4) is 0 Å². The molecule has 0 N–H and O–H groups in total. The van der Waals surface area contributed by atoms with E-state index in [1.165, 1.54) is 6.07 Å². The monoisotopic (exact) mass is 412 g/mol. The number of rotatable bonds is 4. The zero-order valence-corrected chi connectivity index (χ0v) is 15.7. The number of allylic oxidation sites excluding steroid dienone is 1. The minimum atomic E-state index is -4.38. The number of benzene rings is 3. The molecular formula is C22H16AsF3. The van der Waals surface area contributed by atoms with Crippen molar-refractivity contribution in [3.05, 3.63) is 107 Å². The van der Waals surface area contributed by atoms with Crippen molar-refractivity contribution in [2.75, 3.05) is 0 Å². The standard InChI is InChI=1S/C22H16AsF3/c23-21-19(12-7-13-20(21)22(24,25)26)18(17-10-5-2-6-11-17)15-14-16-8-3-1-4-9-16/h1-13,15H,14H2. The van der Waals surface area contributed by atoms with Gasteiger partial charge in [0.2, 0.25) is 0 Å². The SMILES string of the molecule is FC(F)(F)c1cccc(C(=CCc2ccccc2)c2ccccc2)c1[As]. The van der Waals surface area contributed by atoms with Crippen molar-refractivity contribution in [2.45, 2.75) is 12.6 Å². The molecule has 130 valence electrons. The summed E-state index contributed by atoms with van der Waals surface area (Å²) in [6, 6.07) is 23.7. The predicted octanol–water partition coefficient (Wildman–Crippen LogP) is 5.17. The molecule has 0 atom stereocenters. The molecule has 0 spiro atoms. The summed E-state index contributed by atoms with van der Waals surface area (Å²) in [5, 5.41) is 0. The van der Waals surface area contributed by atoms with Crippen LogP contribution in [0, 0.1) is 0 Å². The summed E-state index contributed by atoms with van der Waals surface area (Å²) in [5.74, 6) is 0. The van der Waals surface area contributed by atoms with Crippen LogP contribution >= 0.6 is 0 Å². The van der Waals surface area contributed by atoms with E-state index in [9.17, 15) is 13.2 Å². The van der Waals surface area contributed by atoms with Gasteiger partial charge in [-0.05, 0) is 0 Å². The minimum absolute atomic E-state index is 0.190. The molecule has 0 saturated heterocycles. The number of halogens is 3.